The SMILES string of the molecule is CC1SCC(C(O)CC2CCC2)SC1C. The summed E-state index contributed by atoms with van der Waals surface area (Å²) in [5.41, 5.74) is 0. The summed E-state index contributed by atoms with van der Waals surface area (Å²) >= 11 is 4.04. The molecule has 1 saturated heterocycles. The van der Waals surface area contributed by atoms with Crippen LogP contribution in [0.1, 0.15) is 39.5 Å². The molecule has 1 aliphatic heterocycles. The Hall–Kier alpha value is 0.660. The average Bonchev–Trinajstić information content (AvgIpc) is 2.15. The van der Waals surface area contributed by atoms with Gasteiger partial charge in [0.2, 0.25) is 0 Å². The number of aliphatic hydroxyl groups excluding tert-OH is 1. The molecule has 4 atom stereocenters. The number of aliphatic hydroxyl groups is 1. The van der Waals surface area contributed by atoms with Gasteiger partial charge in [-0.25, -0.2) is 0 Å². The minimum Gasteiger partial charge on any atom is -0.392 e. The summed E-state index contributed by atoms with van der Waals surface area (Å²) in [6.45, 7) is 4.60. The van der Waals surface area contributed by atoms with Gasteiger partial charge >= 0.3 is 0 Å². The molecule has 0 bridgehead atoms. The smallest absolute Gasteiger partial charge is 0.0669 e. The topological polar surface area (TPSA) is 20.2 Å². The van der Waals surface area contributed by atoms with Gasteiger partial charge < -0.3 is 5.11 Å². The monoisotopic (exact) mass is 246 g/mol. The Kier molecular flexibility index (Phi) is 4.31. The van der Waals surface area contributed by atoms with Gasteiger partial charge in [-0.1, -0.05) is 33.1 Å². The molecule has 2 rings (SSSR count). The molecule has 1 nitrogen and oxygen atoms in total. The second-order valence-electron chi connectivity index (χ2n) is 5.02. The lowest BCUT2D eigenvalue weighted by molar-refractivity contribution is 0.119. The molecule has 0 spiro atoms. The number of thioether (sulfide) groups is 2. The second kappa shape index (κ2) is 5.33. The number of hydrogen-bond acceptors (Lipinski definition) is 3. The van der Waals surface area contributed by atoms with E-state index >= 15 is 0 Å². The first-order valence-electron chi connectivity index (χ1n) is 6.12. The molecule has 1 aliphatic carbocycles. The summed E-state index contributed by atoms with van der Waals surface area (Å²) in [4.78, 5) is 0. The maximum atomic E-state index is 10.2. The third kappa shape index (κ3) is 3.07. The van der Waals surface area contributed by atoms with Crippen LogP contribution in [0.5, 0.6) is 0 Å². The van der Waals surface area contributed by atoms with Gasteiger partial charge in [0.15, 0.2) is 0 Å². The summed E-state index contributed by atoms with van der Waals surface area (Å²) in [5.74, 6) is 1.98. The summed E-state index contributed by atoms with van der Waals surface area (Å²) in [6, 6.07) is 0. The molecule has 0 aromatic rings. The fourth-order valence-corrected chi connectivity index (χ4v) is 5.26. The molecule has 2 fully saturated rings. The van der Waals surface area contributed by atoms with Crippen LogP contribution in [0.25, 0.3) is 0 Å². The Labute approximate surface area is 102 Å². The van der Waals surface area contributed by atoms with Crippen molar-refractivity contribution in [2.45, 2.75) is 61.4 Å². The van der Waals surface area contributed by atoms with Gasteiger partial charge in [-0.15, -0.1) is 0 Å². The molecular formula is C12H22OS2. The molecule has 4 unspecified atom stereocenters. The molecular weight excluding hydrogens is 224 g/mol. The van der Waals surface area contributed by atoms with Gasteiger partial charge in [0, 0.05) is 21.5 Å². The molecule has 3 heteroatoms. The zero-order chi connectivity index (χ0) is 10.8. The number of rotatable bonds is 3. The van der Waals surface area contributed by atoms with Gasteiger partial charge in [0.1, 0.15) is 0 Å². The third-order valence-electron chi connectivity index (χ3n) is 3.80. The minimum absolute atomic E-state index is 0.0530. The van der Waals surface area contributed by atoms with E-state index in [0.29, 0.717) is 10.5 Å². The molecule has 1 N–H and O–H groups in total. The Morgan fingerprint density at radius 2 is 2.00 bits per heavy atom. The fourth-order valence-electron chi connectivity index (χ4n) is 2.23. The van der Waals surface area contributed by atoms with E-state index in [4.69, 9.17) is 0 Å². The molecule has 0 amide bonds. The summed E-state index contributed by atoms with van der Waals surface area (Å²) < 4.78 is 0. The average molecular weight is 246 g/mol. The molecule has 2 aliphatic rings. The highest BCUT2D eigenvalue weighted by atomic mass is 32.2. The van der Waals surface area contributed by atoms with Gasteiger partial charge in [0.05, 0.1) is 6.10 Å². The highest BCUT2D eigenvalue weighted by Crippen LogP contribution is 2.40. The quantitative estimate of drug-likeness (QED) is 0.826. The predicted octanol–water partition coefficient (Wildman–Crippen LogP) is 3.16. The second-order valence-corrected chi connectivity index (χ2v) is 8.05. The van der Waals surface area contributed by atoms with Crippen LogP contribution in [-0.2, 0) is 0 Å². The van der Waals surface area contributed by atoms with Crippen molar-refractivity contribution in [1.29, 1.82) is 0 Å². The molecule has 15 heavy (non-hydrogen) atoms. The van der Waals surface area contributed by atoms with Crippen LogP contribution in [0, 0.1) is 5.92 Å². The van der Waals surface area contributed by atoms with E-state index in [2.05, 4.69) is 13.8 Å². The van der Waals surface area contributed by atoms with Crippen molar-refractivity contribution in [2.75, 3.05) is 5.75 Å². The van der Waals surface area contributed by atoms with Crippen LogP contribution in [0.15, 0.2) is 0 Å². The third-order valence-corrected chi connectivity index (χ3v) is 7.34. The maximum absolute atomic E-state index is 10.2. The fraction of sp³-hybridized carbons (Fsp3) is 1.00. The normalized spacial score (nSPS) is 39.8. The standard InChI is InChI=1S/C12H22OS2/c1-8-9(2)15-12(7-14-8)11(13)6-10-4-3-5-10/h8-13H,3-7H2,1-2H3. The first-order chi connectivity index (χ1) is 7.16. The first-order valence-corrected chi connectivity index (χ1v) is 8.11. The largest absolute Gasteiger partial charge is 0.392 e. The Balaban J connectivity index is 1.77. The van der Waals surface area contributed by atoms with E-state index in [0.717, 1.165) is 23.3 Å². The molecule has 1 saturated carbocycles. The van der Waals surface area contributed by atoms with Crippen LogP contribution in [0.3, 0.4) is 0 Å². The first kappa shape index (κ1) is 12.1. The molecule has 0 aromatic heterocycles. The van der Waals surface area contributed by atoms with E-state index < -0.39 is 0 Å². The Bertz CT molecular complexity index is 206. The molecule has 1 heterocycles. The van der Waals surface area contributed by atoms with E-state index in [-0.39, 0.29) is 6.10 Å². The van der Waals surface area contributed by atoms with Crippen LogP contribution in [0.4, 0.5) is 0 Å². The van der Waals surface area contributed by atoms with Crippen molar-refractivity contribution in [1.82, 2.24) is 0 Å². The van der Waals surface area contributed by atoms with Crippen molar-refractivity contribution in [3.8, 4) is 0 Å². The Morgan fingerprint density at radius 1 is 1.27 bits per heavy atom. The van der Waals surface area contributed by atoms with E-state index in [1.807, 2.05) is 23.5 Å². The summed E-state index contributed by atoms with van der Waals surface area (Å²) in [7, 11) is 0. The highest BCUT2D eigenvalue weighted by molar-refractivity contribution is 8.07. The maximum Gasteiger partial charge on any atom is 0.0669 e. The minimum atomic E-state index is -0.0530. The van der Waals surface area contributed by atoms with Crippen LogP contribution in [0.2, 0.25) is 0 Å². The van der Waals surface area contributed by atoms with E-state index in [9.17, 15) is 5.11 Å². The van der Waals surface area contributed by atoms with E-state index in [1.54, 1.807) is 0 Å². The van der Waals surface area contributed by atoms with Crippen LogP contribution in [-0.4, -0.2) is 32.7 Å². The van der Waals surface area contributed by atoms with Gasteiger partial charge in [-0.2, -0.15) is 23.5 Å². The zero-order valence-electron chi connectivity index (χ0n) is 9.69. The van der Waals surface area contributed by atoms with Crippen molar-refractivity contribution >= 4 is 23.5 Å². The van der Waals surface area contributed by atoms with Crippen LogP contribution < -0.4 is 0 Å². The highest BCUT2D eigenvalue weighted by Gasteiger charge is 2.32. The van der Waals surface area contributed by atoms with E-state index in [1.165, 1.54) is 19.3 Å². The van der Waals surface area contributed by atoms with Gasteiger partial charge in [-0.05, 0) is 12.3 Å². The predicted molar refractivity (Wildman–Crippen MR) is 70.7 cm³/mol. The lowest BCUT2D eigenvalue weighted by Crippen LogP contribution is -2.36. The van der Waals surface area contributed by atoms with Gasteiger partial charge in [0.25, 0.3) is 0 Å². The van der Waals surface area contributed by atoms with Crippen molar-refractivity contribution in [3.63, 3.8) is 0 Å². The summed E-state index contributed by atoms with van der Waals surface area (Å²) in [6.07, 6.45) is 5.10. The lowest BCUT2D eigenvalue weighted by atomic mass is 9.81. The zero-order valence-corrected chi connectivity index (χ0v) is 11.3. The molecule has 0 aromatic carbocycles. The molecule has 88 valence electrons. The van der Waals surface area contributed by atoms with Gasteiger partial charge in [-0.3, -0.25) is 0 Å². The summed E-state index contributed by atoms with van der Waals surface area (Å²) in [5, 5.41) is 12.1. The Morgan fingerprint density at radius 3 is 2.53 bits per heavy atom. The lowest BCUT2D eigenvalue weighted by Gasteiger charge is -2.36. The molecule has 0 radical (unpaired) electrons. The van der Waals surface area contributed by atoms with Crippen molar-refractivity contribution < 1.29 is 5.11 Å². The van der Waals surface area contributed by atoms with Crippen molar-refractivity contribution in [3.05, 3.63) is 0 Å². The number of hydrogen-bond donors (Lipinski definition) is 1. The van der Waals surface area contributed by atoms with Crippen molar-refractivity contribution in [2.24, 2.45) is 5.92 Å². The van der Waals surface area contributed by atoms with Crippen LogP contribution >= 0.6 is 23.5 Å².